The second-order valence-corrected chi connectivity index (χ2v) is 7.29. The predicted molar refractivity (Wildman–Crippen MR) is 105 cm³/mol. The fraction of sp³-hybridized carbons (Fsp3) is 0.286. The minimum Gasteiger partial charge on any atom is -0.465 e. The first-order valence-electron chi connectivity index (χ1n) is 9.50. The van der Waals surface area contributed by atoms with E-state index < -0.39 is 6.09 Å². The van der Waals surface area contributed by atoms with Crippen LogP contribution in [0.25, 0.3) is 22.6 Å². The van der Waals surface area contributed by atoms with Crippen LogP contribution in [0, 0.1) is 6.92 Å². The van der Waals surface area contributed by atoms with Crippen LogP contribution in [0.4, 0.5) is 4.79 Å². The quantitative estimate of drug-likeness (QED) is 0.706. The number of carboxylic acid groups (broad SMARTS) is 1. The van der Waals surface area contributed by atoms with E-state index in [-0.39, 0.29) is 12.7 Å². The molecule has 148 valence electrons. The van der Waals surface area contributed by atoms with Gasteiger partial charge in [0.25, 0.3) is 0 Å². The summed E-state index contributed by atoms with van der Waals surface area (Å²) < 4.78 is 10.9. The van der Waals surface area contributed by atoms with E-state index in [9.17, 15) is 9.90 Å². The van der Waals surface area contributed by atoms with Crippen LogP contribution in [0.5, 0.6) is 11.5 Å². The minimum atomic E-state index is -0.893. The number of benzene rings is 1. The smallest absolute Gasteiger partial charge is 0.407 e. The van der Waals surface area contributed by atoms with Crippen molar-refractivity contribution in [3.63, 3.8) is 0 Å². The largest absolute Gasteiger partial charge is 0.465 e. The maximum absolute atomic E-state index is 11.3. The molecule has 8 heteroatoms. The van der Waals surface area contributed by atoms with E-state index in [4.69, 9.17) is 14.5 Å². The summed E-state index contributed by atoms with van der Waals surface area (Å²) >= 11 is 0. The number of fused-ring (bicyclic) bond motifs is 1. The van der Waals surface area contributed by atoms with Gasteiger partial charge in [-0.3, -0.25) is 4.98 Å². The first-order valence-corrected chi connectivity index (χ1v) is 9.50. The number of imidazole rings is 1. The molecule has 29 heavy (non-hydrogen) atoms. The van der Waals surface area contributed by atoms with Gasteiger partial charge in [0.15, 0.2) is 11.5 Å². The fourth-order valence-corrected chi connectivity index (χ4v) is 3.86. The summed E-state index contributed by atoms with van der Waals surface area (Å²) in [6.45, 7) is 3.11. The highest BCUT2D eigenvalue weighted by atomic mass is 16.7. The lowest BCUT2D eigenvalue weighted by Crippen LogP contribution is -2.26. The van der Waals surface area contributed by atoms with E-state index in [1.165, 1.54) is 4.90 Å². The standard InChI is InChI=1S/C21H20N4O4/c1-12-3-2-4-15(22-12)19-18(13-5-6-16-17(9-13)29-11-28-16)23-20(24-19)14-7-8-25(10-14)21(26)27/h2-6,9,14H,7-8,10-11H2,1H3,(H,23,24)(H,26,27). The van der Waals surface area contributed by atoms with Crippen LogP contribution in [0.2, 0.25) is 0 Å². The molecule has 2 N–H and O–H groups in total. The van der Waals surface area contributed by atoms with Gasteiger partial charge in [0, 0.05) is 30.3 Å². The number of aromatic amines is 1. The predicted octanol–water partition coefficient (Wildman–Crippen LogP) is 3.64. The van der Waals surface area contributed by atoms with Gasteiger partial charge < -0.3 is 24.5 Å². The number of H-pyrrole nitrogens is 1. The number of hydrogen-bond acceptors (Lipinski definition) is 5. The van der Waals surface area contributed by atoms with Crippen molar-refractivity contribution < 1.29 is 19.4 Å². The van der Waals surface area contributed by atoms with E-state index in [1.807, 2.05) is 43.3 Å². The molecular formula is C21H20N4O4. The zero-order valence-electron chi connectivity index (χ0n) is 15.9. The van der Waals surface area contributed by atoms with Crippen LogP contribution in [0.3, 0.4) is 0 Å². The van der Waals surface area contributed by atoms with Crippen molar-refractivity contribution >= 4 is 6.09 Å². The summed E-state index contributed by atoms with van der Waals surface area (Å²) in [5.74, 6) is 2.21. The van der Waals surface area contributed by atoms with E-state index in [2.05, 4.69) is 9.97 Å². The number of amides is 1. The first kappa shape index (κ1) is 17.5. The number of pyridine rings is 1. The maximum Gasteiger partial charge on any atom is 0.407 e. The Morgan fingerprint density at radius 2 is 2.07 bits per heavy atom. The average molecular weight is 392 g/mol. The lowest BCUT2D eigenvalue weighted by molar-refractivity contribution is 0.155. The number of nitrogens with one attached hydrogen (secondary N) is 1. The number of ether oxygens (including phenoxy) is 2. The fourth-order valence-electron chi connectivity index (χ4n) is 3.86. The molecule has 0 spiro atoms. The van der Waals surface area contributed by atoms with Crippen LogP contribution in [-0.4, -0.2) is 50.9 Å². The van der Waals surface area contributed by atoms with E-state index in [0.29, 0.717) is 24.6 Å². The molecule has 1 atom stereocenters. The molecular weight excluding hydrogens is 372 g/mol. The molecule has 0 aliphatic carbocycles. The van der Waals surface area contributed by atoms with Crippen LogP contribution in [0.1, 0.15) is 23.9 Å². The molecule has 1 amide bonds. The van der Waals surface area contributed by atoms with Gasteiger partial charge in [0.2, 0.25) is 6.79 Å². The number of nitrogens with zero attached hydrogens (tertiary/aromatic N) is 3. The van der Waals surface area contributed by atoms with E-state index in [1.54, 1.807) is 0 Å². The zero-order chi connectivity index (χ0) is 20.0. The highest BCUT2D eigenvalue weighted by Gasteiger charge is 2.30. The SMILES string of the molecule is Cc1cccc(-c2[nH]c(C3CCN(C(=O)O)C3)nc2-c2ccc3c(c2)OCO3)n1. The van der Waals surface area contributed by atoms with Gasteiger partial charge in [0.1, 0.15) is 5.82 Å². The van der Waals surface area contributed by atoms with Gasteiger partial charge in [-0.15, -0.1) is 0 Å². The summed E-state index contributed by atoms with van der Waals surface area (Å²) in [4.78, 5) is 25.7. The molecule has 2 aliphatic heterocycles. The molecule has 4 heterocycles. The van der Waals surface area contributed by atoms with Gasteiger partial charge in [0.05, 0.1) is 17.1 Å². The number of aromatic nitrogens is 3. The number of aryl methyl sites for hydroxylation is 1. The second-order valence-electron chi connectivity index (χ2n) is 7.29. The topological polar surface area (TPSA) is 101 Å². The number of hydrogen-bond donors (Lipinski definition) is 2. The summed E-state index contributed by atoms with van der Waals surface area (Å²) in [5.41, 5.74) is 4.18. The van der Waals surface area contributed by atoms with Gasteiger partial charge in [-0.05, 0) is 43.7 Å². The highest BCUT2D eigenvalue weighted by Crippen LogP contribution is 2.39. The molecule has 0 radical (unpaired) electrons. The Balaban J connectivity index is 1.59. The van der Waals surface area contributed by atoms with Crippen molar-refractivity contribution in [1.82, 2.24) is 19.9 Å². The van der Waals surface area contributed by atoms with Crippen molar-refractivity contribution in [2.75, 3.05) is 19.9 Å². The maximum atomic E-state index is 11.3. The monoisotopic (exact) mass is 392 g/mol. The molecule has 0 bridgehead atoms. The van der Waals surface area contributed by atoms with Crippen molar-refractivity contribution in [2.45, 2.75) is 19.3 Å². The van der Waals surface area contributed by atoms with Crippen molar-refractivity contribution in [1.29, 1.82) is 0 Å². The normalized spacial score (nSPS) is 17.7. The van der Waals surface area contributed by atoms with Crippen LogP contribution in [0.15, 0.2) is 36.4 Å². The van der Waals surface area contributed by atoms with Crippen LogP contribution < -0.4 is 9.47 Å². The van der Waals surface area contributed by atoms with Crippen molar-refractivity contribution in [3.8, 4) is 34.1 Å². The highest BCUT2D eigenvalue weighted by molar-refractivity contribution is 5.78. The summed E-state index contributed by atoms with van der Waals surface area (Å²) in [5, 5.41) is 9.27. The first-order chi connectivity index (χ1) is 14.1. The lowest BCUT2D eigenvalue weighted by atomic mass is 10.1. The van der Waals surface area contributed by atoms with Crippen molar-refractivity contribution in [2.24, 2.45) is 0 Å². The van der Waals surface area contributed by atoms with E-state index >= 15 is 0 Å². The van der Waals surface area contributed by atoms with Crippen LogP contribution in [-0.2, 0) is 0 Å². The number of rotatable bonds is 3. The summed E-state index contributed by atoms with van der Waals surface area (Å²) in [6, 6.07) is 11.6. The molecule has 1 aromatic carbocycles. The summed E-state index contributed by atoms with van der Waals surface area (Å²) in [7, 11) is 0. The third-order valence-corrected chi connectivity index (χ3v) is 5.36. The van der Waals surface area contributed by atoms with Gasteiger partial charge >= 0.3 is 6.09 Å². The average Bonchev–Trinajstić information content (AvgIpc) is 3.45. The molecule has 1 saturated heterocycles. The Bertz CT molecular complexity index is 1090. The molecule has 2 aliphatic rings. The molecule has 5 rings (SSSR count). The Morgan fingerprint density at radius 3 is 2.86 bits per heavy atom. The molecule has 3 aromatic rings. The molecule has 2 aromatic heterocycles. The molecule has 1 fully saturated rings. The Kier molecular flexibility index (Phi) is 4.12. The lowest BCUT2D eigenvalue weighted by Gasteiger charge is -2.10. The Labute approximate surface area is 167 Å². The van der Waals surface area contributed by atoms with Gasteiger partial charge in [-0.25, -0.2) is 9.78 Å². The third kappa shape index (κ3) is 3.16. The minimum absolute atomic E-state index is 0.0254. The van der Waals surface area contributed by atoms with Crippen LogP contribution >= 0.6 is 0 Å². The zero-order valence-corrected chi connectivity index (χ0v) is 15.9. The molecule has 1 unspecified atom stereocenters. The third-order valence-electron chi connectivity index (χ3n) is 5.36. The van der Waals surface area contributed by atoms with E-state index in [0.717, 1.165) is 40.6 Å². The molecule has 0 saturated carbocycles. The Morgan fingerprint density at radius 1 is 1.21 bits per heavy atom. The number of carbonyl (C=O) groups is 1. The van der Waals surface area contributed by atoms with Crippen molar-refractivity contribution in [3.05, 3.63) is 47.9 Å². The molecule has 8 nitrogen and oxygen atoms in total. The number of likely N-dealkylation sites (tertiary alicyclic amines) is 1. The Hall–Kier alpha value is -3.55. The summed E-state index contributed by atoms with van der Waals surface area (Å²) in [6.07, 6.45) is -0.156. The van der Waals surface area contributed by atoms with Gasteiger partial charge in [-0.2, -0.15) is 0 Å². The second kappa shape index (κ2) is 6.80. The van der Waals surface area contributed by atoms with Gasteiger partial charge in [-0.1, -0.05) is 6.07 Å².